The topological polar surface area (TPSA) is 118 Å². The first-order valence-electron chi connectivity index (χ1n) is 11.3. The smallest absolute Gasteiger partial charge is 0.418 e. The summed E-state index contributed by atoms with van der Waals surface area (Å²) in [5.41, 5.74) is -1.41. The number of hydrogen-bond donors (Lipinski definition) is 2. The molecular formula is C25H19BrCl2F3N3O5S. The van der Waals surface area contributed by atoms with Crippen LogP contribution >= 0.6 is 50.9 Å². The molecule has 2 aromatic rings. The van der Waals surface area contributed by atoms with Gasteiger partial charge in [-0.15, -0.1) is 0 Å². The summed E-state index contributed by atoms with van der Waals surface area (Å²) in [4.78, 5) is 38.2. The Morgan fingerprint density at radius 2 is 1.88 bits per heavy atom. The minimum Gasteiger partial charge on any atom is -0.491 e. The number of esters is 1. The molecule has 2 amide bonds. The molecule has 8 nitrogen and oxygen atoms in total. The van der Waals surface area contributed by atoms with Crippen molar-refractivity contribution in [1.29, 1.82) is 5.26 Å². The molecule has 3 rings (SSSR count). The molecule has 0 spiro atoms. The van der Waals surface area contributed by atoms with E-state index in [1.54, 1.807) is 6.92 Å². The van der Waals surface area contributed by atoms with E-state index in [4.69, 9.17) is 32.7 Å². The fourth-order valence-corrected chi connectivity index (χ4v) is 5.73. The zero-order chi connectivity index (χ0) is 29.8. The lowest BCUT2D eigenvalue weighted by Gasteiger charge is -2.31. The number of nitrogens with one attached hydrogen (secondary N) is 2. The second-order valence-corrected chi connectivity index (χ2v) is 10.8. The average Bonchev–Trinajstić information content (AvgIpc) is 2.88. The zero-order valence-corrected chi connectivity index (χ0v) is 24.5. The molecule has 0 aliphatic carbocycles. The molecule has 0 fully saturated rings. The summed E-state index contributed by atoms with van der Waals surface area (Å²) in [6, 6.07) is 8.00. The van der Waals surface area contributed by atoms with E-state index in [0.717, 1.165) is 19.2 Å². The highest BCUT2D eigenvalue weighted by Gasteiger charge is 2.45. The number of carbonyl (C=O) groups is 3. The summed E-state index contributed by atoms with van der Waals surface area (Å²) < 4.78 is 50.6. The third-order valence-corrected chi connectivity index (χ3v) is 7.63. The van der Waals surface area contributed by atoms with Gasteiger partial charge < -0.3 is 20.1 Å². The van der Waals surface area contributed by atoms with Crippen molar-refractivity contribution in [2.24, 2.45) is 5.92 Å². The van der Waals surface area contributed by atoms with Crippen molar-refractivity contribution in [2.45, 2.75) is 19.0 Å². The summed E-state index contributed by atoms with van der Waals surface area (Å²) in [6.45, 7) is 1.97. The summed E-state index contributed by atoms with van der Waals surface area (Å²) >= 11 is 16.3. The van der Waals surface area contributed by atoms with Gasteiger partial charge in [-0.1, -0.05) is 50.9 Å². The van der Waals surface area contributed by atoms with Gasteiger partial charge in [-0.25, -0.2) is 0 Å². The van der Waals surface area contributed by atoms with Crippen LogP contribution < -0.4 is 15.4 Å². The lowest BCUT2D eigenvalue weighted by Crippen LogP contribution is -2.44. The summed E-state index contributed by atoms with van der Waals surface area (Å²) in [6.07, 6.45) is -4.73. The maximum absolute atomic E-state index is 13.4. The van der Waals surface area contributed by atoms with Crippen molar-refractivity contribution in [3.05, 3.63) is 66.6 Å². The lowest BCUT2D eigenvalue weighted by atomic mass is 9.78. The Morgan fingerprint density at radius 3 is 2.42 bits per heavy atom. The van der Waals surface area contributed by atoms with Crippen LogP contribution in [0, 0.1) is 17.2 Å². The minimum absolute atomic E-state index is 0.0687. The van der Waals surface area contributed by atoms with Crippen molar-refractivity contribution in [3.8, 4) is 11.8 Å². The largest absolute Gasteiger partial charge is 0.491 e. The maximum Gasteiger partial charge on any atom is 0.418 e. The average molecular weight is 681 g/mol. The number of hydrogen-bond acceptors (Lipinski definition) is 7. The van der Waals surface area contributed by atoms with Gasteiger partial charge in [0.1, 0.15) is 5.92 Å². The van der Waals surface area contributed by atoms with Gasteiger partial charge in [-0.2, -0.15) is 18.4 Å². The van der Waals surface area contributed by atoms with Crippen LogP contribution in [0.4, 0.5) is 18.9 Å². The molecule has 0 unspecified atom stereocenters. The summed E-state index contributed by atoms with van der Waals surface area (Å²) in [7, 11) is 1.08. The molecule has 1 aliphatic rings. The Morgan fingerprint density at radius 1 is 1.23 bits per heavy atom. The molecule has 15 heteroatoms. The van der Waals surface area contributed by atoms with E-state index in [1.165, 1.54) is 18.2 Å². The van der Waals surface area contributed by atoms with Gasteiger partial charge in [0.2, 0.25) is 11.8 Å². The monoisotopic (exact) mass is 679 g/mol. The van der Waals surface area contributed by atoms with Crippen LogP contribution in [0.25, 0.3) is 0 Å². The number of anilines is 1. The van der Waals surface area contributed by atoms with Crippen LogP contribution in [0.2, 0.25) is 10.0 Å². The number of benzene rings is 2. The van der Waals surface area contributed by atoms with Crippen LogP contribution in [0.3, 0.4) is 0 Å². The molecule has 1 heterocycles. The van der Waals surface area contributed by atoms with Crippen LogP contribution in [0.1, 0.15) is 24.0 Å². The molecule has 2 N–H and O–H groups in total. The van der Waals surface area contributed by atoms with Crippen molar-refractivity contribution in [1.82, 2.24) is 5.32 Å². The van der Waals surface area contributed by atoms with Gasteiger partial charge in [0.15, 0.2) is 5.75 Å². The van der Waals surface area contributed by atoms with Crippen LogP contribution in [-0.4, -0.2) is 37.3 Å². The van der Waals surface area contributed by atoms with Crippen molar-refractivity contribution in [3.63, 3.8) is 0 Å². The zero-order valence-electron chi connectivity index (χ0n) is 20.6. The molecule has 0 radical (unpaired) electrons. The Bertz CT molecular complexity index is 1410. The van der Waals surface area contributed by atoms with Crippen molar-refractivity contribution < 1.29 is 37.0 Å². The first kappa shape index (κ1) is 31.6. The highest BCUT2D eigenvalue weighted by molar-refractivity contribution is 9.10. The summed E-state index contributed by atoms with van der Waals surface area (Å²) in [5.74, 6) is -5.61. The number of amides is 2. The lowest BCUT2D eigenvalue weighted by molar-refractivity contribution is -0.150. The molecule has 0 saturated heterocycles. The molecular weight excluding hydrogens is 662 g/mol. The number of alkyl halides is 3. The Hall–Kier alpha value is -2.92. The number of nitriles is 1. The van der Waals surface area contributed by atoms with Crippen LogP contribution in [0.15, 0.2) is 45.4 Å². The minimum atomic E-state index is -4.73. The molecule has 2 aromatic carbocycles. The van der Waals surface area contributed by atoms with E-state index >= 15 is 0 Å². The molecule has 0 aromatic heterocycles. The van der Waals surface area contributed by atoms with Crippen molar-refractivity contribution >= 4 is 74.4 Å². The van der Waals surface area contributed by atoms with E-state index in [-0.39, 0.29) is 43.0 Å². The number of methoxy groups -OCH3 is 1. The predicted octanol–water partition coefficient (Wildman–Crippen LogP) is 6.28. The van der Waals surface area contributed by atoms with E-state index in [9.17, 15) is 32.8 Å². The second kappa shape index (κ2) is 13.2. The second-order valence-electron chi connectivity index (χ2n) is 8.09. The SMILES string of the molecule is CCOc1c(Cl)cc([C@H]2C(C#N)=C(SCC(=O)Nc3ccc(Br)cc3C(F)(F)F)NC(=O)[C@@H]2C(=O)OC)cc1Cl. The van der Waals surface area contributed by atoms with Gasteiger partial charge >= 0.3 is 12.1 Å². The standard InChI is InChI=1S/C25H19BrCl2F3N3O5S/c1-3-39-21-15(27)6-11(7-16(21)28)19-13(9-32)23(34-22(36)20(19)24(37)38-2)40-10-18(35)33-17-5-4-12(26)8-14(17)25(29,30)31/h4-8,19-20H,3,10H2,1-2H3,(H,33,35)(H,34,36)/t19-,20+/m0/s1. The first-order chi connectivity index (χ1) is 18.8. The fraction of sp³-hybridized carbons (Fsp3) is 0.280. The number of nitrogens with zero attached hydrogens (tertiary/aromatic N) is 1. The number of carbonyl (C=O) groups excluding carboxylic acids is 3. The Balaban J connectivity index is 1.97. The number of rotatable bonds is 8. The van der Waals surface area contributed by atoms with Crippen LogP contribution in [0.5, 0.6) is 5.75 Å². The molecule has 0 bridgehead atoms. The highest BCUT2D eigenvalue weighted by atomic mass is 79.9. The molecule has 212 valence electrons. The number of allylic oxidation sites excluding steroid dienone is 1. The van der Waals surface area contributed by atoms with Gasteiger partial charge in [0.25, 0.3) is 0 Å². The summed E-state index contributed by atoms with van der Waals surface area (Å²) in [5, 5.41) is 14.7. The highest BCUT2D eigenvalue weighted by Crippen LogP contribution is 2.44. The molecule has 0 saturated carbocycles. The molecule has 1 aliphatic heterocycles. The van der Waals surface area contributed by atoms with Gasteiger partial charge in [-0.3, -0.25) is 14.4 Å². The normalized spacial score (nSPS) is 17.1. The Kier molecular flexibility index (Phi) is 10.4. The van der Waals surface area contributed by atoms with Crippen LogP contribution in [-0.2, 0) is 25.3 Å². The first-order valence-corrected chi connectivity index (χ1v) is 13.8. The maximum atomic E-state index is 13.4. The van der Waals surface area contributed by atoms with Crippen molar-refractivity contribution in [2.75, 3.05) is 24.8 Å². The quantitative estimate of drug-likeness (QED) is 0.249. The van der Waals surface area contributed by atoms with Gasteiger partial charge in [0, 0.05) is 10.4 Å². The van der Waals surface area contributed by atoms with E-state index in [0.29, 0.717) is 11.8 Å². The van der Waals surface area contributed by atoms with Gasteiger partial charge in [-0.05, 0) is 42.8 Å². The fourth-order valence-electron chi connectivity index (χ4n) is 3.90. The predicted molar refractivity (Wildman–Crippen MR) is 147 cm³/mol. The van der Waals surface area contributed by atoms with E-state index < -0.39 is 52.8 Å². The number of thioether (sulfide) groups is 1. The number of ether oxygens (including phenoxy) is 2. The molecule has 2 atom stereocenters. The molecule has 40 heavy (non-hydrogen) atoms. The van der Waals surface area contributed by atoms with E-state index in [1.807, 2.05) is 6.07 Å². The third kappa shape index (κ3) is 7.04. The van der Waals surface area contributed by atoms with E-state index in [2.05, 4.69) is 26.6 Å². The Labute approximate surface area is 249 Å². The van der Waals surface area contributed by atoms with Gasteiger partial charge in [0.05, 0.1) is 57.4 Å². The third-order valence-electron chi connectivity index (χ3n) is 5.56. The number of halogens is 6.